The molecule has 0 spiro atoms. The molecule has 0 aliphatic carbocycles. The predicted molar refractivity (Wildman–Crippen MR) is 71.5 cm³/mol. The van der Waals surface area contributed by atoms with E-state index in [1.807, 2.05) is 0 Å². The van der Waals surface area contributed by atoms with Crippen LogP contribution >= 0.6 is 0 Å². The fraction of sp³-hybridized carbons (Fsp3) is 0.143. The fourth-order valence-corrected chi connectivity index (χ4v) is 1.83. The molecule has 104 valence electrons. The summed E-state index contributed by atoms with van der Waals surface area (Å²) in [6.45, 7) is 2.04. The van der Waals surface area contributed by atoms with E-state index >= 15 is 0 Å². The number of rotatable bonds is 4. The summed E-state index contributed by atoms with van der Waals surface area (Å²) >= 11 is 0. The smallest absolute Gasteiger partial charge is 0.304 e. The van der Waals surface area contributed by atoms with Gasteiger partial charge >= 0.3 is 5.69 Å². The number of hydrogen-bond donors (Lipinski definition) is 1. The summed E-state index contributed by atoms with van der Waals surface area (Å²) < 4.78 is 26.4. The summed E-state index contributed by atoms with van der Waals surface area (Å²) in [6, 6.07) is 8.03. The molecule has 20 heavy (non-hydrogen) atoms. The summed E-state index contributed by atoms with van der Waals surface area (Å²) in [5.74, 6) is -1.19. The van der Waals surface area contributed by atoms with Crippen LogP contribution in [0.5, 0.6) is 0 Å². The number of benzene rings is 2. The molecule has 0 aliphatic rings. The Labute approximate surface area is 114 Å². The van der Waals surface area contributed by atoms with Gasteiger partial charge in [-0.05, 0) is 42.3 Å². The van der Waals surface area contributed by atoms with Crippen molar-refractivity contribution in [3.8, 4) is 0 Å². The van der Waals surface area contributed by atoms with E-state index in [0.717, 1.165) is 23.4 Å². The summed E-state index contributed by atoms with van der Waals surface area (Å²) in [7, 11) is 0. The van der Waals surface area contributed by atoms with Crippen molar-refractivity contribution < 1.29 is 13.7 Å². The summed E-state index contributed by atoms with van der Waals surface area (Å²) in [6.07, 6.45) is 0. The van der Waals surface area contributed by atoms with Crippen LogP contribution < -0.4 is 5.32 Å². The van der Waals surface area contributed by atoms with Gasteiger partial charge in [0.1, 0.15) is 5.82 Å². The first-order chi connectivity index (χ1) is 9.47. The second-order valence-electron chi connectivity index (χ2n) is 4.36. The second kappa shape index (κ2) is 5.64. The van der Waals surface area contributed by atoms with E-state index in [1.54, 1.807) is 13.0 Å². The summed E-state index contributed by atoms with van der Waals surface area (Å²) in [5.41, 5.74) is 1.47. The second-order valence-corrected chi connectivity index (χ2v) is 4.36. The molecule has 0 aromatic heterocycles. The van der Waals surface area contributed by atoms with E-state index in [9.17, 15) is 18.9 Å². The van der Waals surface area contributed by atoms with E-state index in [-0.39, 0.29) is 5.82 Å². The average Bonchev–Trinajstić information content (AvgIpc) is 2.37. The van der Waals surface area contributed by atoms with Crippen LogP contribution in [0.4, 0.5) is 20.2 Å². The molecule has 0 saturated carbocycles. The molecule has 0 heterocycles. The molecule has 2 rings (SSSR count). The molecule has 1 N–H and O–H groups in total. The van der Waals surface area contributed by atoms with E-state index in [1.165, 1.54) is 18.2 Å². The van der Waals surface area contributed by atoms with Crippen LogP contribution in [0.2, 0.25) is 0 Å². The number of nitro benzene ring substituents is 1. The number of hydrogen-bond acceptors (Lipinski definition) is 3. The maximum absolute atomic E-state index is 13.4. The van der Waals surface area contributed by atoms with Crippen molar-refractivity contribution in [3.05, 3.63) is 69.3 Å². The third-order valence-electron chi connectivity index (χ3n) is 2.88. The molecule has 0 atom stereocenters. The van der Waals surface area contributed by atoms with E-state index in [4.69, 9.17) is 0 Å². The van der Waals surface area contributed by atoms with Crippen molar-refractivity contribution in [2.24, 2.45) is 0 Å². The van der Waals surface area contributed by atoms with Crippen LogP contribution in [0.1, 0.15) is 11.1 Å². The molecule has 0 bridgehead atoms. The lowest BCUT2D eigenvalue weighted by Crippen LogP contribution is -2.02. The molecule has 2 aromatic rings. The molecule has 2 aromatic carbocycles. The Kier molecular flexibility index (Phi) is 3.93. The number of halogens is 2. The lowest BCUT2D eigenvalue weighted by Gasteiger charge is -2.09. The molecular formula is C14H12F2N2O2. The third-order valence-corrected chi connectivity index (χ3v) is 2.88. The van der Waals surface area contributed by atoms with Gasteiger partial charge in [-0.25, -0.2) is 4.39 Å². The van der Waals surface area contributed by atoms with Crippen molar-refractivity contribution in [1.29, 1.82) is 0 Å². The maximum atomic E-state index is 13.4. The highest BCUT2D eigenvalue weighted by Gasteiger charge is 2.13. The van der Waals surface area contributed by atoms with Gasteiger partial charge in [-0.1, -0.05) is 6.07 Å². The monoisotopic (exact) mass is 278 g/mol. The molecule has 4 nitrogen and oxygen atoms in total. The van der Waals surface area contributed by atoms with Gasteiger partial charge in [-0.3, -0.25) is 10.1 Å². The Morgan fingerprint density at radius 3 is 2.55 bits per heavy atom. The van der Waals surface area contributed by atoms with Gasteiger partial charge in [-0.2, -0.15) is 4.39 Å². The molecule has 0 radical (unpaired) electrons. The first-order valence-corrected chi connectivity index (χ1v) is 5.90. The minimum atomic E-state index is -0.870. The van der Waals surface area contributed by atoms with Gasteiger partial charge in [0.15, 0.2) is 0 Å². The largest absolute Gasteiger partial charge is 0.381 e. The summed E-state index contributed by atoms with van der Waals surface area (Å²) in [5, 5.41) is 13.5. The number of nitrogens with zero attached hydrogens (tertiary/aromatic N) is 1. The molecule has 0 unspecified atom stereocenters. The van der Waals surface area contributed by atoms with E-state index in [0.29, 0.717) is 12.1 Å². The standard InChI is InChI=1S/C14H12F2N2O2/c1-9-6-11(15)3-4-13(9)17-8-10-2-5-14(18(19)20)12(16)7-10/h2-7,17H,8H2,1H3. The Morgan fingerprint density at radius 1 is 1.20 bits per heavy atom. The Balaban J connectivity index is 2.11. The lowest BCUT2D eigenvalue weighted by molar-refractivity contribution is -0.387. The highest BCUT2D eigenvalue weighted by Crippen LogP contribution is 2.20. The van der Waals surface area contributed by atoms with Crippen molar-refractivity contribution >= 4 is 11.4 Å². The van der Waals surface area contributed by atoms with Crippen LogP contribution in [0, 0.1) is 28.7 Å². The van der Waals surface area contributed by atoms with Crippen molar-refractivity contribution in [3.63, 3.8) is 0 Å². The zero-order chi connectivity index (χ0) is 14.7. The molecule has 6 heteroatoms. The first kappa shape index (κ1) is 13.9. The molecule has 0 amide bonds. The first-order valence-electron chi connectivity index (χ1n) is 5.90. The lowest BCUT2D eigenvalue weighted by atomic mass is 10.1. The van der Waals surface area contributed by atoms with Gasteiger partial charge in [0, 0.05) is 18.3 Å². The Bertz CT molecular complexity index is 660. The number of aryl methyl sites for hydroxylation is 1. The van der Waals surface area contributed by atoms with Crippen molar-refractivity contribution in [2.75, 3.05) is 5.32 Å². The number of nitrogens with one attached hydrogen (secondary N) is 1. The quantitative estimate of drug-likeness (QED) is 0.683. The Morgan fingerprint density at radius 2 is 1.95 bits per heavy atom. The minimum absolute atomic E-state index is 0.293. The number of anilines is 1. The van der Waals surface area contributed by atoms with Crippen LogP contribution in [0.25, 0.3) is 0 Å². The van der Waals surface area contributed by atoms with Gasteiger partial charge in [0.25, 0.3) is 0 Å². The Hall–Kier alpha value is -2.50. The SMILES string of the molecule is Cc1cc(F)ccc1NCc1ccc([N+](=O)[O-])c(F)c1. The highest BCUT2D eigenvalue weighted by molar-refractivity contribution is 5.51. The predicted octanol–water partition coefficient (Wildman–Crippen LogP) is 3.79. The van der Waals surface area contributed by atoms with Gasteiger partial charge in [0.05, 0.1) is 4.92 Å². The molecule has 0 aliphatic heterocycles. The molecule has 0 fully saturated rings. The number of nitro groups is 1. The van der Waals surface area contributed by atoms with Gasteiger partial charge < -0.3 is 5.32 Å². The fourth-order valence-electron chi connectivity index (χ4n) is 1.83. The van der Waals surface area contributed by atoms with Gasteiger partial charge in [-0.15, -0.1) is 0 Å². The van der Waals surface area contributed by atoms with Crippen LogP contribution in [0.15, 0.2) is 36.4 Å². The summed E-state index contributed by atoms with van der Waals surface area (Å²) in [4.78, 5) is 9.74. The van der Waals surface area contributed by atoms with Crippen molar-refractivity contribution in [2.45, 2.75) is 13.5 Å². The average molecular weight is 278 g/mol. The van der Waals surface area contributed by atoms with Crippen LogP contribution in [-0.2, 0) is 6.54 Å². The topological polar surface area (TPSA) is 55.2 Å². The van der Waals surface area contributed by atoms with Crippen LogP contribution in [-0.4, -0.2) is 4.92 Å². The zero-order valence-corrected chi connectivity index (χ0v) is 10.7. The third kappa shape index (κ3) is 3.09. The highest BCUT2D eigenvalue weighted by atomic mass is 19.1. The van der Waals surface area contributed by atoms with E-state index in [2.05, 4.69) is 5.32 Å². The maximum Gasteiger partial charge on any atom is 0.304 e. The van der Waals surface area contributed by atoms with Gasteiger partial charge in [0.2, 0.25) is 5.82 Å². The van der Waals surface area contributed by atoms with E-state index < -0.39 is 16.4 Å². The molecular weight excluding hydrogens is 266 g/mol. The van der Waals surface area contributed by atoms with Crippen LogP contribution in [0.3, 0.4) is 0 Å². The zero-order valence-electron chi connectivity index (χ0n) is 10.7. The minimum Gasteiger partial charge on any atom is -0.381 e. The van der Waals surface area contributed by atoms with Crippen molar-refractivity contribution in [1.82, 2.24) is 0 Å². The normalized spacial score (nSPS) is 10.3. The molecule has 0 saturated heterocycles.